The third kappa shape index (κ3) is 2.78. The Balaban J connectivity index is 2.36. The van der Waals surface area contributed by atoms with Crippen molar-refractivity contribution in [2.75, 3.05) is 6.54 Å². The van der Waals surface area contributed by atoms with Gasteiger partial charge in [0.1, 0.15) is 0 Å². The molecule has 5 heteroatoms. The van der Waals surface area contributed by atoms with Gasteiger partial charge < -0.3 is 0 Å². The Morgan fingerprint density at radius 1 is 1.39 bits per heavy atom. The van der Waals surface area contributed by atoms with E-state index >= 15 is 0 Å². The summed E-state index contributed by atoms with van der Waals surface area (Å²) in [5, 5.41) is 0. The molecule has 100 valence electrons. The van der Waals surface area contributed by atoms with E-state index < -0.39 is 10.0 Å². The molecule has 0 unspecified atom stereocenters. The van der Waals surface area contributed by atoms with E-state index in [1.54, 1.807) is 22.5 Å². The van der Waals surface area contributed by atoms with Crippen LogP contribution in [0.25, 0.3) is 0 Å². The first-order valence-electron chi connectivity index (χ1n) is 6.25. The monoisotopic (exact) mass is 331 g/mol. The molecule has 0 heterocycles. The van der Waals surface area contributed by atoms with Crippen LogP contribution in [0.2, 0.25) is 0 Å². The minimum Gasteiger partial charge on any atom is -0.207 e. The van der Waals surface area contributed by atoms with Gasteiger partial charge in [0.15, 0.2) is 0 Å². The lowest BCUT2D eigenvalue weighted by molar-refractivity contribution is 0.403. The number of benzene rings is 1. The van der Waals surface area contributed by atoms with E-state index in [0.717, 1.165) is 29.3 Å². The van der Waals surface area contributed by atoms with Crippen LogP contribution in [0.4, 0.5) is 0 Å². The van der Waals surface area contributed by atoms with Crippen molar-refractivity contribution in [1.82, 2.24) is 4.31 Å². The molecule has 0 radical (unpaired) electrons. The maximum atomic E-state index is 12.6. The molecule has 0 spiro atoms. The van der Waals surface area contributed by atoms with Crippen LogP contribution < -0.4 is 0 Å². The number of aryl methyl sites for hydroxylation is 1. The summed E-state index contributed by atoms with van der Waals surface area (Å²) in [4.78, 5) is 0.406. The first-order chi connectivity index (χ1) is 8.46. The van der Waals surface area contributed by atoms with Crippen LogP contribution in [0.1, 0.15) is 31.7 Å². The molecule has 18 heavy (non-hydrogen) atoms. The van der Waals surface area contributed by atoms with Crippen molar-refractivity contribution in [1.29, 1.82) is 0 Å². The molecule has 2 rings (SSSR count). The van der Waals surface area contributed by atoms with Crippen molar-refractivity contribution < 1.29 is 8.42 Å². The van der Waals surface area contributed by atoms with E-state index in [1.165, 1.54) is 0 Å². The van der Waals surface area contributed by atoms with Gasteiger partial charge in [-0.15, -0.1) is 0 Å². The third-order valence-corrected chi connectivity index (χ3v) is 5.97. The maximum Gasteiger partial charge on any atom is 0.243 e. The Kier molecular flexibility index (Phi) is 4.14. The van der Waals surface area contributed by atoms with Crippen molar-refractivity contribution in [2.24, 2.45) is 0 Å². The van der Waals surface area contributed by atoms with Gasteiger partial charge in [-0.3, -0.25) is 0 Å². The highest BCUT2D eigenvalue weighted by Crippen LogP contribution is 2.33. The summed E-state index contributed by atoms with van der Waals surface area (Å²) in [6.07, 6.45) is 2.84. The second kappa shape index (κ2) is 5.31. The number of hydrogen-bond donors (Lipinski definition) is 0. The molecule has 0 saturated heterocycles. The molecule has 1 aromatic carbocycles. The van der Waals surface area contributed by atoms with Gasteiger partial charge in [0.2, 0.25) is 10.0 Å². The van der Waals surface area contributed by atoms with E-state index in [9.17, 15) is 8.42 Å². The molecule has 0 atom stereocenters. The van der Waals surface area contributed by atoms with Gasteiger partial charge in [0.25, 0.3) is 0 Å². The average molecular weight is 332 g/mol. The predicted molar refractivity (Wildman–Crippen MR) is 76.1 cm³/mol. The zero-order valence-electron chi connectivity index (χ0n) is 10.7. The van der Waals surface area contributed by atoms with E-state index in [-0.39, 0.29) is 6.04 Å². The Labute approximate surface area is 117 Å². The molecule has 0 aromatic heterocycles. The lowest BCUT2D eigenvalue weighted by atomic mass is 10.2. The van der Waals surface area contributed by atoms with Crippen LogP contribution in [0.3, 0.4) is 0 Å². The standard InChI is InChI=1S/C13H18BrNO2S/c1-3-8-15(11-4-5-11)18(16,17)12-6-7-13(14)10(2)9-12/h6-7,9,11H,3-5,8H2,1-2H3. The van der Waals surface area contributed by atoms with E-state index in [4.69, 9.17) is 0 Å². The Hall–Kier alpha value is -0.390. The second-order valence-electron chi connectivity index (χ2n) is 4.76. The summed E-state index contributed by atoms with van der Waals surface area (Å²) in [5.41, 5.74) is 0.948. The number of rotatable bonds is 5. The molecule has 1 aliphatic carbocycles. The molecule has 1 aliphatic rings. The average Bonchev–Trinajstić information content (AvgIpc) is 3.13. The van der Waals surface area contributed by atoms with Crippen molar-refractivity contribution in [3.63, 3.8) is 0 Å². The highest BCUT2D eigenvalue weighted by molar-refractivity contribution is 9.10. The van der Waals surface area contributed by atoms with Crippen LogP contribution in [-0.2, 0) is 10.0 Å². The maximum absolute atomic E-state index is 12.6. The number of hydrogen-bond acceptors (Lipinski definition) is 2. The summed E-state index contributed by atoms with van der Waals surface area (Å²) < 4.78 is 27.8. The van der Waals surface area contributed by atoms with Crippen LogP contribution in [0.5, 0.6) is 0 Å². The topological polar surface area (TPSA) is 37.4 Å². The lowest BCUT2D eigenvalue weighted by Gasteiger charge is -2.21. The minimum absolute atomic E-state index is 0.221. The lowest BCUT2D eigenvalue weighted by Crippen LogP contribution is -2.33. The predicted octanol–water partition coefficient (Wildman–Crippen LogP) is 3.32. The molecule has 0 N–H and O–H groups in total. The fourth-order valence-electron chi connectivity index (χ4n) is 1.99. The van der Waals surface area contributed by atoms with Crippen molar-refractivity contribution >= 4 is 26.0 Å². The van der Waals surface area contributed by atoms with Gasteiger partial charge in [-0.1, -0.05) is 22.9 Å². The smallest absolute Gasteiger partial charge is 0.207 e. The van der Waals surface area contributed by atoms with Crippen molar-refractivity contribution in [3.05, 3.63) is 28.2 Å². The van der Waals surface area contributed by atoms with Gasteiger partial charge in [-0.2, -0.15) is 4.31 Å². The first kappa shape index (κ1) is 14.0. The highest BCUT2D eigenvalue weighted by atomic mass is 79.9. The summed E-state index contributed by atoms with van der Waals surface area (Å²) >= 11 is 3.40. The normalized spacial score (nSPS) is 16.2. The minimum atomic E-state index is -3.33. The zero-order chi connectivity index (χ0) is 13.3. The third-order valence-electron chi connectivity index (χ3n) is 3.13. The molecule has 0 amide bonds. The Morgan fingerprint density at radius 2 is 2.06 bits per heavy atom. The van der Waals surface area contributed by atoms with Crippen molar-refractivity contribution in [3.8, 4) is 0 Å². The fraction of sp³-hybridized carbons (Fsp3) is 0.538. The van der Waals surface area contributed by atoms with Crippen LogP contribution >= 0.6 is 15.9 Å². The second-order valence-corrected chi connectivity index (χ2v) is 7.50. The zero-order valence-corrected chi connectivity index (χ0v) is 13.1. The Bertz CT molecular complexity index is 538. The van der Waals surface area contributed by atoms with Crippen LogP contribution in [0.15, 0.2) is 27.6 Å². The molecular formula is C13H18BrNO2S. The molecule has 1 aromatic rings. The molecule has 0 aliphatic heterocycles. The van der Waals surface area contributed by atoms with Gasteiger partial charge in [-0.25, -0.2) is 8.42 Å². The van der Waals surface area contributed by atoms with Gasteiger partial charge in [0, 0.05) is 17.1 Å². The molecular weight excluding hydrogens is 314 g/mol. The highest BCUT2D eigenvalue weighted by Gasteiger charge is 2.37. The van der Waals surface area contributed by atoms with Crippen LogP contribution in [-0.4, -0.2) is 25.3 Å². The quantitative estimate of drug-likeness (QED) is 0.829. The van der Waals surface area contributed by atoms with Gasteiger partial charge in [0.05, 0.1) is 4.90 Å². The number of halogens is 1. The van der Waals surface area contributed by atoms with Gasteiger partial charge in [-0.05, 0) is 49.9 Å². The molecule has 3 nitrogen and oxygen atoms in total. The fourth-order valence-corrected chi connectivity index (χ4v) is 4.10. The van der Waals surface area contributed by atoms with E-state index in [1.807, 2.05) is 13.8 Å². The summed E-state index contributed by atoms with van der Waals surface area (Å²) in [6, 6.07) is 5.44. The Morgan fingerprint density at radius 3 is 2.56 bits per heavy atom. The van der Waals surface area contributed by atoms with Gasteiger partial charge >= 0.3 is 0 Å². The summed E-state index contributed by atoms with van der Waals surface area (Å²) in [7, 11) is -3.33. The summed E-state index contributed by atoms with van der Waals surface area (Å²) in [6.45, 7) is 4.53. The largest absolute Gasteiger partial charge is 0.243 e. The van der Waals surface area contributed by atoms with E-state index in [0.29, 0.717) is 11.4 Å². The molecule has 0 bridgehead atoms. The first-order valence-corrected chi connectivity index (χ1v) is 8.48. The molecule has 1 saturated carbocycles. The number of nitrogens with zero attached hydrogens (tertiary/aromatic N) is 1. The van der Waals surface area contributed by atoms with E-state index in [2.05, 4.69) is 15.9 Å². The summed E-state index contributed by atoms with van der Waals surface area (Å²) in [5.74, 6) is 0. The molecule has 1 fully saturated rings. The van der Waals surface area contributed by atoms with Crippen LogP contribution in [0, 0.1) is 6.92 Å². The SMILES string of the molecule is CCCN(C1CC1)S(=O)(=O)c1ccc(Br)c(C)c1. The van der Waals surface area contributed by atoms with Crippen molar-refractivity contribution in [2.45, 2.75) is 44.0 Å². The number of sulfonamides is 1.